The highest BCUT2D eigenvalue weighted by molar-refractivity contribution is 7.12. The lowest BCUT2D eigenvalue weighted by molar-refractivity contribution is -0.116. The van der Waals surface area contributed by atoms with Crippen molar-refractivity contribution >= 4 is 46.0 Å². The number of carbonyl (C=O) groups is 1. The SMILES string of the molecule is CC(C)(C)c1ccc(C2C(C#N)=C(N)N(c3ccc(Cl)c(Cl)c3)C3=C2C(=O)CC(c2ccccc2)C3)s1. The highest BCUT2D eigenvalue weighted by atomic mass is 35.5. The van der Waals surface area contributed by atoms with Crippen LogP contribution in [-0.4, -0.2) is 5.78 Å². The summed E-state index contributed by atoms with van der Waals surface area (Å²) in [6.07, 6.45) is 0.990. The second kappa shape index (κ2) is 9.68. The molecule has 188 valence electrons. The molecule has 1 aromatic heterocycles. The van der Waals surface area contributed by atoms with Gasteiger partial charge in [-0.25, -0.2) is 0 Å². The van der Waals surface area contributed by atoms with E-state index in [2.05, 4.69) is 45.0 Å². The third-order valence-corrected chi connectivity index (χ3v) is 9.37. The number of thiophene rings is 1. The minimum atomic E-state index is -0.496. The Kier molecular flexibility index (Phi) is 6.70. The number of nitrogens with two attached hydrogens (primary N) is 1. The van der Waals surface area contributed by atoms with Crippen LogP contribution in [-0.2, 0) is 10.2 Å². The molecule has 0 amide bonds. The van der Waals surface area contributed by atoms with Gasteiger partial charge in [-0.05, 0) is 53.6 Å². The number of anilines is 1. The maximum atomic E-state index is 14.0. The fraction of sp³-hybridized carbons (Fsp3) is 0.267. The Morgan fingerprint density at radius 2 is 1.76 bits per heavy atom. The van der Waals surface area contributed by atoms with E-state index >= 15 is 0 Å². The number of nitrogens with zero attached hydrogens (tertiary/aromatic N) is 2. The van der Waals surface area contributed by atoms with Crippen molar-refractivity contribution in [2.24, 2.45) is 5.73 Å². The quantitative estimate of drug-likeness (QED) is 0.360. The van der Waals surface area contributed by atoms with E-state index < -0.39 is 5.92 Å². The molecular weight excluding hydrogens is 521 g/mol. The fourth-order valence-corrected chi connectivity index (χ4v) is 6.68. The van der Waals surface area contributed by atoms with Crippen LogP contribution >= 0.6 is 34.5 Å². The molecule has 37 heavy (non-hydrogen) atoms. The highest BCUT2D eigenvalue weighted by Crippen LogP contribution is 2.51. The van der Waals surface area contributed by atoms with Crippen LogP contribution in [0.2, 0.25) is 10.0 Å². The van der Waals surface area contributed by atoms with Crippen LogP contribution in [0, 0.1) is 11.3 Å². The van der Waals surface area contributed by atoms with Crippen molar-refractivity contribution in [2.45, 2.75) is 50.9 Å². The number of Topliss-reactive ketones (excluding diaryl/α,β-unsaturated/α-hetero) is 1. The molecule has 0 bridgehead atoms. The van der Waals surface area contributed by atoms with E-state index in [1.54, 1.807) is 23.5 Å². The van der Waals surface area contributed by atoms with Crippen molar-refractivity contribution < 1.29 is 4.79 Å². The molecule has 7 heteroatoms. The van der Waals surface area contributed by atoms with Gasteiger partial charge in [0.1, 0.15) is 5.82 Å². The lowest BCUT2D eigenvalue weighted by Crippen LogP contribution is -2.40. The van der Waals surface area contributed by atoms with Crippen LogP contribution < -0.4 is 10.6 Å². The van der Waals surface area contributed by atoms with Gasteiger partial charge in [0.05, 0.1) is 27.6 Å². The van der Waals surface area contributed by atoms with E-state index in [1.807, 2.05) is 35.2 Å². The van der Waals surface area contributed by atoms with Gasteiger partial charge < -0.3 is 5.73 Å². The average molecular weight is 549 g/mol. The molecule has 5 rings (SSSR count). The van der Waals surface area contributed by atoms with Gasteiger partial charge in [-0.15, -0.1) is 11.3 Å². The van der Waals surface area contributed by atoms with Crippen LogP contribution in [0.1, 0.15) is 60.8 Å². The van der Waals surface area contributed by atoms with Crippen molar-refractivity contribution in [3.63, 3.8) is 0 Å². The summed E-state index contributed by atoms with van der Waals surface area (Å²) in [5, 5.41) is 11.1. The van der Waals surface area contributed by atoms with Crippen molar-refractivity contribution in [3.05, 3.63) is 109 Å². The molecular formula is C30H27Cl2N3OS. The number of allylic oxidation sites excluding steroid dienone is 3. The Morgan fingerprint density at radius 1 is 1.03 bits per heavy atom. The van der Waals surface area contributed by atoms with Crippen LogP contribution in [0.4, 0.5) is 5.69 Å². The van der Waals surface area contributed by atoms with Crippen LogP contribution in [0.3, 0.4) is 0 Å². The number of rotatable bonds is 3. The zero-order valence-corrected chi connectivity index (χ0v) is 23.2. The molecule has 0 fully saturated rings. The van der Waals surface area contributed by atoms with Gasteiger partial charge in [-0.3, -0.25) is 9.69 Å². The third-order valence-electron chi connectivity index (χ3n) is 7.05. The topological polar surface area (TPSA) is 70.1 Å². The second-order valence-electron chi connectivity index (χ2n) is 10.5. The van der Waals surface area contributed by atoms with Gasteiger partial charge in [0.25, 0.3) is 0 Å². The minimum Gasteiger partial charge on any atom is -0.384 e. The summed E-state index contributed by atoms with van der Waals surface area (Å²) >= 11 is 14.2. The van der Waals surface area contributed by atoms with Crippen molar-refractivity contribution in [1.29, 1.82) is 5.26 Å². The normalized spacial score (nSPS) is 20.2. The molecule has 2 unspecified atom stereocenters. The maximum Gasteiger partial charge on any atom is 0.162 e. The number of carbonyl (C=O) groups excluding carboxylic acids is 1. The Bertz CT molecular complexity index is 1490. The van der Waals surface area contributed by atoms with Crippen molar-refractivity contribution in [2.75, 3.05) is 4.90 Å². The van der Waals surface area contributed by atoms with Gasteiger partial charge in [-0.1, -0.05) is 74.3 Å². The number of ketones is 1. The van der Waals surface area contributed by atoms with E-state index in [9.17, 15) is 10.1 Å². The zero-order chi connectivity index (χ0) is 26.5. The van der Waals surface area contributed by atoms with Crippen LogP contribution in [0.25, 0.3) is 0 Å². The lowest BCUT2D eigenvalue weighted by Gasteiger charge is -2.41. The number of halogens is 2. The maximum absolute atomic E-state index is 14.0. The predicted octanol–water partition coefficient (Wildman–Crippen LogP) is 8.05. The summed E-state index contributed by atoms with van der Waals surface area (Å²) in [6, 6.07) is 21.8. The molecule has 2 heterocycles. The molecule has 0 saturated carbocycles. The molecule has 2 atom stereocenters. The van der Waals surface area contributed by atoms with E-state index in [0.29, 0.717) is 45.5 Å². The first kappa shape index (κ1) is 25.6. The molecule has 3 aromatic rings. The number of hydrogen-bond acceptors (Lipinski definition) is 5. The summed E-state index contributed by atoms with van der Waals surface area (Å²) in [5.74, 6) is -0.138. The predicted molar refractivity (Wildman–Crippen MR) is 152 cm³/mol. The van der Waals surface area contributed by atoms with Gasteiger partial charge in [0.15, 0.2) is 5.78 Å². The first-order chi connectivity index (χ1) is 17.6. The summed E-state index contributed by atoms with van der Waals surface area (Å²) < 4.78 is 0. The zero-order valence-electron chi connectivity index (χ0n) is 20.9. The number of hydrogen-bond donors (Lipinski definition) is 1. The summed E-state index contributed by atoms with van der Waals surface area (Å²) in [4.78, 5) is 17.9. The van der Waals surface area contributed by atoms with Gasteiger partial charge >= 0.3 is 0 Å². The van der Waals surface area contributed by atoms with Crippen molar-refractivity contribution in [1.82, 2.24) is 0 Å². The van der Waals surface area contributed by atoms with Crippen LogP contribution in [0.5, 0.6) is 0 Å². The summed E-state index contributed by atoms with van der Waals surface area (Å²) in [5.41, 5.74) is 10.3. The summed E-state index contributed by atoms with van der Waals surface area (Å²) in [6.45, 7) is 6.48. The largest absolute Gasteiger partial charge is 0.384 e. The molecule has 2 aromatic carbocycles. The first-order valence-corrected chi connectivity index (χ1v) is 13.7. The highest BCUT2D eigenvalue weighted by Gasteiger charge is 2.43. The Labute approximate surface area is 231 Å². The van der Waals surface area contributed by atoms with Crippen LogP contribution in [0.15, 0.2) is 83.3 Å². The lowest BCUT2D eigenvalue weighted by atomic mass is 9.73. The average Bonchev–Trinajstić information content (AvgIpc) is 3.36. The van der Waals surface area contributed by atoms with E-state index in [4.69, 9.17) is 28.9 Å². The molecule has 0 saturated heterocycles. The van der Waals surface area contributed by atoms with Gasteiger partial charge in [-0.2, -0.15) is 5.26 Å². The molecule has 1 aliphatic heterocycles. The number of benzene rings is 2. The van der Waals surface area contributed by atoms with Gasteiger partial charge in [0.2, 0.25) is 0 Å². The molecule has 0 spiro atoms. The smallest absolute Gasteiger partial charge is 0.162 e. The first-order valence-electron chi connectivity index (χ1n) is 12.2. The Balaban J connectivity index is 1.72. The van der Waals surface area contributed by atoms with Gasteiger partial charge in [0, 0.05) is 33.1 Å². The standard InChI is InChI=1S/C30H27Cl2N3OS/c1-30(2,3)26-12-11-25(37-26)27-20(16-33)29(34)35(19-9-10-21(31)22(32)15-19)23-13-18(14-24(36)28(23)27)17-7-5-4-6-8-17/h4-12,15,18,27H,13-14,34H2,1-3H3. The minimum absolute atomic E-state index is 0.00304. The molecule has 2 N–H and O–H groups in total. The molecule has 2 aliphatic rings. The summed E-state index contributed by atoms with van der Waals surface area (Å²) in [7, 11) is 0. The fourth-order valence-electron chi connectivity index (χ4n) is 5.20. The monoisotopic (exact) mass is 547 g/mol. The Hall–Kier alpha value is -3.04. The van der Waals surface area contributed by atoms with E-state index in [0.717, 1.165) is 16.1 Å². The van der Waals surface area contributed by atoms with Crippen molar-refractivity contribution in [3.8, 4) is 6.07 Å². The Morgan fingerprint density at radius 3 is 2.38 bits per heavy atom. The second-order valence-corrected chi connectivity index (χ2v) is 12.5. The number of nitriles is 1. The molecule has 0 radical (unpaired) electrons. The third kappa shape index (κ3) is 4.59. The molecule has 4 nitrogen and oxygen atoms in total. The van der Waals surface area contributed by atoms with E-state index in [1.165, 1.54) is 4.88 Å². The molecule has 1 aliphatic carbocycles. The van der Waals surface area contributed by atoms with E-state index in [-0.39, 0.29) is 17.1 Å².